The molecular formula is C23H25N3O. The van der Waals surface area contributed by atoms with Crippen LogP contribution < -0.4 is 5.73 Å². The highest BCUT2D eigenvalue weighted by molar-refractivity contribution is 5.78. The van der Waals surface area contributed by atoms with Crippen LogP contribution >= 0.6 is 0 Å². The van der Waals surface area contributed by atoms with E-state index in [1.807, 2.05) is 18.2 Å². The maximum Gasteiger partial charge on any atom is 0.0830 e. The molecule has 1 aromatic heterocycles. The SMILES string of the molecule is N[C@@H]1c2ccccc2C2(CCN(Cc3ccc4ccccc4n3)CC2)[C@H]1O. The third kappa shape index (κ3) is 2.67. The monoisotopic (exact) mass is 359 g/mol. The molecule has 1 spiro atoms. The second kappa shape index (κ2) is 6.41. The molecule has 5 rings (SSSR count). The molecule has 2 atom stereocenters. The number of piperidine rings is 1. The number of rotatable bonds is 2. The van der Waals surface area contributed by atoms with E-state index in [-0.39, 0.29) is 11.5 Å². The lowest BCUT2D eigenvalue weighted by Gasteiger charge is -2.42. The minimum absolute atomic E-state index is 0.191. The third-order valence-corrected chi connectivity index (χ3v) is 6.55. The topological polar surface area (TPSA) is 62.4 Å². The van der Waals surface area contributed by atoms with Crippen LogP contribution in [0.5, 0.6) is 0 Å². The first-order valence-corrected chi connectivity index (χ1v) is 9.77. The lowest BCUT2D eigenvalue weighted by molar-refractivity contribution is 0.0269. The normalized spacial score (nSPS) is 24.4. The number of aliphatic hydroxyl groups is 1. The van der Waals surface area contributed by atoms with Crippen LogP contribution in [-0.4, -0.2) is 34.2 Å². The molecular weight excluding hydrogens is 334 g/mol. The molecule has 1 aliphatic heterocycles. The van der Waals surface area contributed by atoms with Crippen molar-refractivity contribution in [2.24, 2.45) is 5.73 Å². The molecule has 0 saturated carbocycles. The number of hydrogen-bond donors (Lipinski definition) is 2. The number of fused-ring (bicyclic) bond motifs is 3. The maximum absolute atomic E-state index is 10.9. The van der Waals surface area contributed by atoms with Gasteiger partial charge in [0.25, 0.3) is 0 Å². The van der Waals surface area contributed by atoms with Gasteiger partial charge in [0.05, 0.1) is 23.4 Å². The minimum Gasteiger partial charge on any atom is -0.390 e. The number of benzene rings is 2. The number of aromatic nitrogens is 1. The predicted octanol–water partition coefficient (Wildman–Crippen LogP) is 3.14. The molecule has 3 N–H and O–H groups in total. The van der Waals surface area contributed by atoms with Gasteiger partial charge >= 0.3 is 0 Å². The van der Waals surface area contributed by atoms with Crippen LogP contribution in [0.3, 0.4) is 0 Å². The van der Waals surface area contributed by atoms with E-state index in [1.165, 1.54) is 10.9 Å². The summed E-state index contributed by atoms with van der Waals surface area (Å²) in [4.78, 5) is 7.26. The Hall–Kier alpha value is -2.27. The van der Waals surface area contributed by atoms with Crippen LogP contribution in [0, 0.1) is 0 Å². The quantitative estimate of drug-likeness (QED) is 0.738. The standard InChI is InChI=1S/C23H25N3O/c24-21-18-6-2-3-7-19(18)23(22(21)27)11-13-26(14-12-23)15-17-10-9-16-5-1-4-8-20(16)25-17/h1-10,21-22,27H,11-15,24H2/t21-,22+/m1/s1. The maximum atomic E-state index is 10.9. The van der Waals surface area contributed by atoms with Gasteiger partial charge in [-0.2, -0.15) is 0 Å². The van der Waals surface area contributed by atoms with E-state index >= 15 is 0 Å². The van der Waals surface area contributed by atoms with Crippen LogP contribution in [0.25, 0.3) is 10.9 Å². The van der Waals surface area contributed by atoms with Crippen molar-refractivity contribution in [2.45, 2.75) is 36.9 Å². The van der Waals surface area contributed by atoms with Gasteiger partial charge in [-0.15, -0.1) is 0 Å². The fraction of sp³-hybridized carbons (Fsp3) is 0.348. The summed E-state index contributed by atoms with van der Waals surface area (Å²) >= 11 is 0. The Morgan fingerprint density at radius 2 is 1.74 bits per heavy atom. The first-order chi connectivity index (χ1) is 13.2. The molecule has 2 heterocycles. The zero-order valence-corrected chi connectivity index (χ0v) is 15.4. The van der Waals surface area contributed by atoms with Crippen LogP contribution in [0.1, 0.15) is 35.7 Å². The average Bonchev–Trinajstić information content (AvgIpc) is 2.92. The molecule has 138 valence electrons. The highest BCUT2D eigenvalue weighted by Gasteiger charge is 2.51. The van der Waals surface area contributed by atoms with Gasteiger partial charge in [0, 0.05) is 17.3 Å². The summed E-state index contributed by atoms with van der Waals surface area (Å²) in [5.74, 6) is 0. The van der Waals surface area contributed by atoms with E-state index in [1.54, 1.807) is 0 Å². The number of nitrogens with two attached hydrogens (primary N) is 1. The van der Waals surface area contributed by atoms with Crippen molar-refractivity contribution in [1.82, 2.24) is 9.88 Å². The van der Waals surface area contributed by atoms with E-state index in [9.17, 15) is 5.11 Å². The van der Waals surface area contributed by atoms with Crippen LogP contribution in [0.15, 0.2) is 60.7 Å². The van der Waals surface area contributed by atoms with Gasteiger partial charge in [-0.1, -0.05) is 48.5 Å². The highest BCUT2D eigenvalue weighted by atomic mass is 16.3. The fourth-order valence-electron chi connectivity index (χ4n) is 5.01. The van der Waals surface area contributed by atoms with Crippen molar-refractivity contribution in [1.29, 1.82) is 0 Å². The van der Waals surface area contributed by atoms with Gasteiger partial charge in [-0.05, 0) is 49.2 Å². The molecule has 3 aromatic rings. The molecule has 4 heteroatoms. The molecule has 2 aromatic carbocycles. The second-order valence-electron chi connectivity index (χ2n) is 7.99. The smallest absolute Gasteiger partial charge is 0.0830 e. The summed E-state index contributed by atoms with van der Waals surface area (Å²) in [5.41, 5.74) is 10.7. The van der Waals surface area contributed by atoms with Crippen molar-refractivity contribution in [3.05, 3.63) is 77.5 Å². The molecule has 0 radical (unpaired) electrons. The Balaban J connectivity index is 1.34. The Bertz CT molecular complexity index is 978. The fourth-order valence-corrected chi connectivity index (χ4v) is 5.01. The second-order valence-corrected chi connectivity index (χ2v) is 7.99. The molecule has 27 heavy (non-hydrogen) atoms. The summed E-state index contributed by atoms with van der Waals surface area (Å²) in [5, 5.41) is 12.1. The van der Waals surface area contributed by atoms with Gasteiger partial charge in [0.1, 0.15) is 0 Å². The first-order valence-electron chi connectivity index (χ1n) is 9.77. The summed E-state index contributed by atoms with van der Waals surface area (Å²) < 4.78 is 0. The van der Waals surface area contributed by atoms with Gasteiger partial charge in [-0.3, -0.25) is 9.88 Å². The molecule has 1 fully saturated rings. The van der Waals surface area contributed by atoms with Gasteiger partial charge in [-0.25, -0.2) is 0 Å². The Kier molecular flexibility index (Phi) is 4.01. The van der Waals surface area contributed by atoms with Crippen LogP contribution in [-0.2, 0) is 12.0 Å². The molecule has 0 unspecified atom stereocenters. The lowest BCUT2D eigenvalue weighted by Crippen LogP contribution is -2.48. The highest BCUT2D eigenvalue weighted by Crippen LogP contribution is 2.50. The molecule has 4 nitrogen and oxygen atoms in total. The van der Waals surface area contributed by atoms with E-state index in [2.05, 4.69) is 47.4 Å². The molecule has 1 aliphatic carbocycles. The van der Waals surface area contributed by atoms with Gasteiger partial charge < -0.3 is 10.8 Å². The third-order valence-electron chi connectivity index (χ3n) is 6.55. The molecule has 0 amide bonds. The van der Waals surface area contributed by atoms with E-state index in [0.717, 1.165) is 49.2 Å². The number of nitrogens with zero attached hydrogens (tertiary/aromatic N) is 2. The van der Waals surface area contributed by atoms with Crippen molar-refractivity contribution in [3.63, 3.8) is 0 Å². The first kappa shape index (κ1) is 16.9. The zero-order valence-electron chi connectivity index (χ0n) is 15.4. The summed E-state index contributed by atoms with van der Waals surface area (Å²) in [6.07, 6.45) is 1.38. The van der Waals surface area contributed by atoms with E-state index < -0.39 is 6.10 Å². The van der Waals surface area contributed by atoms with Crippen LogP contribution in [0.2, 0.25) is 0 Å². The van der Waals surface area contributed by atoms with E-state index in [4.69, 9.17) is 10.7 Å². The van der Waals surface area contributed by atoms with Crippen molar-refractivity contribution >= 4 is 10.9 Å². The Morgan fingerprint density at radius 1 is 1.00 bits per heavy atom. The van der Waals surface area contributed by atoms with Gasteiger partial charge in [0.15, 0.2) is 0 Å². The number of likely N-dealkylation sites (tertiary alicyclic amines) is 1. The number of pyridine rings is 1. The Morgan fingerprint density at radius 3 is 2.59 bits per heavy atom. The molecule has 2 aliphatic rings. The van der Waals surface area contributed by atoms with Crippen molar-refractivity contribution in [3.8, 4) is 0 Å². The summed E-state index contributed by atoms with van der Waals surface area (Å²) in [6, 6.07) is 20.6. The number of para-hydroxylation sites is 1. The summed E-state index contributed by atoms with van der Waals surface area (Å²) in [6.45, 7) is 2.75. The average molecular weight is 359 g/mol. The predicted molar refractivity (Wildman–Crippen MR) is 107 cm³/mol. The largest absolute Gasteiger partial charge is 0.390 e. The summed E-state index contributed by atoms with van der Waals surface area (Å²) in [7, 11) is 0. The van der Waals surface area contributed by atoms with Crippen molar-refractivity contribution < 1.29 is 5.11 Å². The Labute approximate surface area is 159 Å². The number of hydrogen-bond acceptors (Lipinski definition) is 4. The number of aliphatic hydroxyl groups excluding tert-OH is 1. The van der Waals surface area contributed by atoms with E-state index in [0.29, 0.717) is 0 Å². The van der Waals surface area contributed by atoms with Crippen molar-refractivity contribution in [2.75, 3.05) is 13.1 Å². The molecule has 0 bridgehead atoms. The lowest BCUT2D eigenvalue weighted by atomic mass is 9.72. The van der Waals surface area contributed by atoms with Crippen LogP contribution in [0.4, 0.5) is 0 Å². The molecule has 1 saturated heterocycles. The van der Waals surface area contributed by atoms with Gasteiger partial charge in [0.2, 0.25) is 0 Å². The zero-order chi connectivity index (χ0) is 18.4. The minimum atomic E-state index is -0.490.